The Kier molecular flexibility index (Phi) is 5.63. The van der Waals surface area contributed by atoms with Crippen LogP contribution in [0.15, 0.2) is 182 Å². The van der Waals surface area contributed by atoms with E-state index in [1.807, 2.05) is 0 Å². The fourth-order valence-electron chi connectivity index (χ4n) is 8.37. The minimum absolute atomic E-state index is 1.13. The maximum Gasteiger partial charge on any atom is 0.0803 e. The van der Waals surface area contributed by atoms with Crippen molar-refractivity contribution in [3.8, 4) is 22.7 Å². The molecule has 11 rings (SSSR count). The molecule has 0 saturated carbocycles. The maximum absolute atomic E-state index is 2.46. The summed E-state index contributed by atoms with van der Waals surface area (Å²) >= 11 is 0. The lowest BCUT2D eigenvalue weighted by atomic mass is 10.2. The van der Waals surface area contributed by atoms with Gasteiger partial charge in [-0.05, 0) is 66.7 Å². The van der Waals surface area contributed by atoms with Gasteiger partial charge < -0.3 is 18.3 Å². The third-order valence-electron chi connectivity index (χ3n) is 10.3. The molecular formula is C46H30N4. The smallest absolute Gasteiger partial charge is 0.0803 e. The molecule has 4 heteroatoms. The second kappa shape index (κ2) is 10.4. The first kappa shape index (κ1) is 27.2. The van der Waals surface area contributed by atoms with Gasteiger partial charge in [0.1, 0.15) is 0 Å². The number of rotatable bonds is 4. The summed E-state index contributed by atoms with van der Waals surface area (Å²) < 4.78 is 9.78. The summed E-state index contributed by atoms with van der Waals surface area (Å²) in [5, 5.41) is 4.92. The van der Waals surface area contributed by atoms with Crippen LogP contribution in [0, 0.1) is 0 Å². The van der Waals surface area contributed by atoms with Crippen molar-refractivity contribution in [1.29, 1.82) is 0 Å². The number of benzene rings is 7. The monoisotopic (exact) mass is 638 g/mol. The third kappa shape index (κ3) is 3.65. The molecule has 0 atom stereocenters. The van der Waals surface area contributed by atoms with E-state index < -0.39 is 0 Å². The predicted molar refractivity (Wildman–Crippen MR) is 209 cm³/mol. The van der Waals surface area contributed by atoms with E-state index >= 15 is 0 Å². The molecule has 0 fully saturated rings. The van der Waals surface area contributed by atoms with Crippen LogP contribution in [0.5, 0.6) is 0 Å². The van der Waals surface area contributed by atoms with Crippen LogP contribution in [0.3, 0.4) is 0 Å². The number of hydrogen-bond acceptors (Lipinski definition) is 0. The van der Waals surface area contributed by atoms with Crippen molar-refractivity contribution >= 4 is 65.7 Å². The molecule has 4 aromatic heterocycles. The zero-order chi connectivity index (χ0) is 32.8. The molecule has 0 spiro atoms. The van der Waals surface area contributed by atoms with Crippen LogP contribution < -0.4 is 0 Å². The number of nitrogens with zero attached hydrogens (tertiary/aromatic N) is 4. The molecule has 0 amide bonds. The summed E-state index contributed by atoms with van der Waals surface area (Å²) in [4.78, 5) is 0. The van der Waals surface area contributed by atoms with Crippen LogP contribution >= 0.6 is 0 Å². The molecule has 0 aliphatic rings. The molecular weight excluding hydrogens is 609 g/mol. The van der Waals surface area contributed by atoms with E-state index in [1.165, 1.54) is 65.7 Å². The molecule has 0 unspecified atom stereocenters. The highest BCUT2D eigenvalue weighted by atomic mass is 15.1. The van der Waals surface area contributed by atoms with Gasteiger partial charge in [-0.25, -0.2) is 0 Å². The molecule has 0 aliphatic carbocycles. The highest BCUT2D eigenvalue weighted by Gasteiger charge is 2.24. The minimum Gasteiger partial charge on any atom is -0.307 e. The van der Waals surface area contributed by atoms with Gasteiger partial charge >= 0.3 is 0 Å². The molecule has 7 aromatic carbocycles. The Bertz CT molecular complexity index is 2860. The first-order valence-corrected chi connectivity index (χ1v) is 17.1. The number of hydrogen-bond donors (Lipinski definition) is 0. The average molecular weight is 639 g/mol. The Labute approximate surface area is 287 Å². The highest BCUT2D eigenvalue weighted by Crippen LogP contribution is 2.43. The summed E-state index contributed by atoms with van der Waals surface area (Å²) in [7, 11) is 0. The molecule has 4 nitrogen and oxygen atoms in total. The second-order valence-electron chi connectivity index (χ2n) is 13.0. The Morgan fingerprint density at radius 2 is 0.480 bits per heavy atom. The van der Waals surface area contributed by atoms with Crippen LogP contribution in [0.4, 0.5) is 0 Å². The third-order valence-corrected chi connectivity index (χ3v) is 10.3. The summed E-state index contributed by atoms with van der Waals surface area (Å²) in [6.45, 7) is 0. The van der Waals surface area contributed by atoms with Crippen LogP contribution in [0.2, 0.25) is 0 Å². The van der Waals surface area contributed by atoms with Gasteiger partial charge in [-0.1, -0.05) is 115 Å². The predicted octanol–water partition coefficient (Wildman–Crippen LogP) is 11.8. The summed E-state index contributed by atoms with van der Waals surface area (Å²) in [6.07, 6.45) is 0. The molecule has 11 aromatic rings. The average Bonchev–Trinajstić information content (AvgIpc) is 3.90. The van der Waals surface area contributed by atoms with Crippen molar-refractivity contribution in [2.45, 2.75) is 0 Å². The fourth-order valence-corrected chi connectivity index (χ4v) is 8.37. The lowest BCUT2D eigenvalue weighted by molar-refractivity contribution is 1.14. The van der Waals surface area contributed by atoms with E-state index in [0.29, 0.717) is 0 Å². The quantitative estimate of drug-likeness (QED) is 0.183. The standard InChI is InChI=1S/C46H30N4/c1-3-16-31(17-4-1)47-39-26-11-7-22-35(39)45-43(47)37-24-9-13-28-41(37)49(45)33-20-15-21-34(30-33)50-42-29-14-10-25-38(42)44-46(50)36-23-8-12-27-40(36)48(44)32-18-5-2-6-19-32/h1-30H. The first-order valence-electron chi connectivity index (χ1n) is 17.1. The number of fused-ring (bicyclic) bond motifs is 10. The van der Waals surface area contributed by atoms with Crippen LogP contribution in [0.25, 0.3) is 88.4 Å². The van der Waals surface area contributed by atoms with Gasteiger partial charge in [-0.2, -0.15) is 0 Å². The Morgan fingerprint density at radius 1 is 0.220 bits per heavy atom. The summed E-state index contributed by atoms with van der Waals surface area (Å²) in [5.74, 6) is 0. The summed E-state index contributed by atoms with van der Waals surface area (Å²) in [5.41, 5.74) is 14.2. The Balaban J connectivity index is 1.25. The van der Waals surface area contributed by atoms with E-state index in [9.17, 15) is 0 Å². The van der Waals surface area contributed by atoms with Gasteiger partial charge in [-0.3, -0.25) is 0 Å². The van der Waals surface area contributed by atoms with Crippen LogP contribution in [-0.4, -0.2) is 18.3 Å². The molecule has 0 N–H and O–H groups in total. The molecule has 0 bridgehead atoms. The fraction of sp³-hybridized carbons (Fsp3) is 0. The van der Waals surface area contributed by atoms with E-state index in [2.05, 4.69) is 200 Å². The number of para-hydroxylation sites is 6. The van der Waals surface area contributed by atoms with Crippen molar-refractivity contribution in [1.82, 2.24) is 18.3 Å². The van der Waals surface area contributed by atoms with Gasteiger partial charge in [0.25, 0.3) is 0 Å². The van der Waals surface area contributed by atoms with E-state index in [-0.39, 0.29) is 0 Å². The lowest BCUT2D eigenvalue weighted by Crippen LogP contribution is -1.98. The van der Waals surface area contributed by atoms with Crippen LogP contribution in [0.1, 0.15) is 0 Å². The van der Waals surface area contributed by atoms with Crippen LogP contribution in [-0.2, 0) is 0 Å². The van der Waals surface area contributed by atoms with E-state index in [0.717, 1.165) is 22.7 Å². The van der Waals surface area contributed by atoms with E-state index in [4.69, 9.17) is 0 Å². The van der Waals surface area contributed by atoms with Crippen molar-refractivity contribution in [2.75, 3.05) is 0 Å². The number of aromatic nitrogens is 4. The minimum atomic E-state index is 1.13. The molecule has 234 valence electrons. The largest absolute Gasteiger partial charge is 0.307 e. The zero-order valence-corrected chi connectivity index (χ0v) is 27.1. The highest BCUT2D eigenvalue weighted by molar-refractivity contribution is 6.21. The van der Waals surface area contributed by atoms with Gasteiger partial charge in [0, 0.05) is 44.3 Å². The Hall–Kier alpha value is -6.78. The van der Waals surface area contributed by atoms with Crippen molar-refractivity contribution in [3.05, 3.63) is 182 Å². The topological polar surface area (TPSA) is 19.7 Å². The van der Waals surface area contributed by atoms with Gasteiger partial charge in [0.05, 0.1) is 44.1 Å². The molecule has 0 radical (unpaired) electrons. The van der Waals surface area contributed by atoms with Crippen molar-refractivity contribution < 1.29 is 0 Å². The lowest BCUT2D eigenvalue weighted by Gasteiger charge is -2.13. The Morgan fingerprint density at radius 3 is 0.820 bits per heavy atom. The molecule has 4 heterocycles. The van der Waals surface area contributed by atoms with E-state index in [1.54, 1.807) is 0 Å². The normalized spacial score (nSPS) is 12.0. The van der Waals surface area contributed by atoms with Gasteiger partial charge in [0.2, 0.25) is 0 Å². The van der Waals surface area contributed by atoms with Crippen molar-refractivity contribution in [2.24, 2.45) is 0 Å². The summed E-state index contributed by atoms with van der Waals surface area (Å²) in [6, 6.07) is 65.8. The molecule has 0 aliphatic heterocycles. The second-order valence-corrected chi connectivity index (χ2v) is 13.0. The zero-order valence-electron chi connectivity index (χ0n) is 27.1. The van der Waals surface area contributed by atoms with Gasteiger partial charge in [-0.15, -0.1) is 0 Å². The first-order chi connectivity index (χ1) is 24.9. The maximum atomic E-state index is 2.46. The molecule has 50 heavy (non-hydrogen) atoms. The molecule has 0 saturated heterocycles. The van der Waals surface area contributed by atoms with Gasteiger partial charge in [0.15, 0.2) is 0 Å². The van der Waals surface area contributed by atoms with Crippen molar-refractivity contribution in [3.63, 3.8) is 0 Å². The SMILES string of the molecule is c1ccc(-n2c3ccccc3c3c2c2ccccc2n3-c2cccc(-n3c4ccccc4c4c3c3ccccc3n4-c3ccccc3)c2)cc1.